The molecule has 2 rings (SSSR count). The molecule has 0 saturated heterocycles. The third-order valence-corrected chi connectivity index (χ3v) is 4.57. The predicted octanol–water partition coefficient (Wildman–Crippen LogP) is 3.99. The molecule has 0 aliphatic heterocycles. The summed E-state index contributed by atoms with van der Waals surface area (Å²) in [5.41, 5.74) is 0.957. The summed E-state index contributed by atoms with van der Waals surface area (Å²) < 4.78 is 0. The molecule has 0 unspecified atom stereocenters. The van der Waals surface area contributed by atoms with Crippen molar-refractivity contribution in [2.24, 2.45) is 0 Å². The number of hydrogen-bond donors (Lipinski definition) is 1. The van der Waals surface area contributed by atoms with Crippen LogP contribution >= 0.6 is 22.9 Å². The summed E-state index contributed by atoms with van der Waals surface area (Å²) in [5.74, 6) is -0.260. The maximum absolute atomic E-state index is 12.7. The highest BCUT2D eigenvalue weighted by Gasteiger charge is 2.18. The third kappa shape index (κ3) is 5.54. The standard InChI is InChI=1S/C18H22ClN3O2S/c1-3-8-20-17(23)15-12-25-16(21-15)11-22(9-4-2)18(24)13-6-5-7-14(19)10-13/h5-7,10,12H,3-4,8-9,11H2,1-2H3,(H,20,23). The average molecular weight is 380 g/mol. The molecule has 0 aliphatic carbocycles. The van der Waals surface area contributed by atoms with Crippen LogP contribution in [0.25, 0.3) is 0 Å². The number of carbonyl (C=O) groups is 2. The van der Waals surface area contributed by atoms with Gasteiger partial charge in [-0.05, 0) is 31.0 Å². The Kier molecular flexibility index (Phi) is 7.40. The fourth-order valence-electron chi connectivity index (χ4n) is 2.31. The van der Waals surface area contributed by atoms with E-state index in [9.17, 15) is 9.59 Å². The highest BCUT2D eigenvalue weighted by Crippen LogP contribution is 2.17. The van der Waals surface area contributed by atoms with Crippen LogP contribution in [-0.2, 0) is 6.54 Å². The molecule has 0 fully saturated rings. The van der Waals surface area contributed by atoms with Crippen molar-refractivity contribution in [2.45, 2.75) is 33.2 Å². The number of nitrogens with zero attached hydrogens (tertiary/aromatic N) is 2. The molecule has 0 radical (unpaired) electrons. The molecule has 0 bridgehead atoms. The van der Waals surface area contributed by atoms with Gasteiger partial charge in [0.1, 0.15) is 10.7 Å². The van der Waals surface area contributed by atoms with Crippen molar-refractivity contribution in [1.82, 2.24) is 15.2 Å². The largest absolute Gasteiger partial charge is 0.351 e. The van der Waals surface area contributed by atoms with Crippen molar-refractivity contribution in [2.75, 3.05) is 13.1 Å². The minimum absolute atomic E-state index is 0.0865. The fourth-order valence-corrected chi connectivity index (χ4v) is 3.29. The van der Waals surface area contributed by atoms with Gasteiger partial charge in [-0.2, -0.15) is 0 Å². The lowest BCUT2D eigenvalue weighted by Crippen LogP contribution is -2.31. The van der Waals surface area contributed by atoms with Crippen LogP contribution in [0.3, 0.4) is 0 Å². The van der Waals surface area contributed by atoms with Gasteiger partial charge < -0.3 is 10.2 Å². The van der Waals surface area contributed by atoms with Crippen LogP contribution in [0.5, 0.6) is 0 Å². The number of thiazole rings is 1. The first kappa shape index (κ1) is 19.4. The Morgan fingerprint density at radius 2 is 2.08 bits per heavy atom. The number of aromatic nitrogens is 1. The molecule has 2 aromatic rings. The number of nitrogens with one attached hydrogen (secondary N) is 1. The number of carbonyl (C=O) groups excluding carboxylic acids is 2. The normalized spacial score (nSPS) is 10.5. The van der Waals surface area contributed by atoms with Crippen LogP contribution in [0.1, 0.15) is 52.5 Å². The second-order valence-corrected chi connectivity index (χ2v) is 7.00. The van der Waals surface area contributed by atoms with Gasteiger partial charge in [-0.3, -0.25) is 9.59 Å². The summed E-state index contributed by atoms with van der Waals surface area (Å²) in [6, 6.07) is 6.92. The second-order valence-electron chi connectivity index (χ2n) is 5.62. The Morgan fingerprint density at radius 1 is 1.28 bits per heavy atom. The molecule has 0 aliphatic rings. The van der Waals surface area contributed by atoms with E-state index in [-0.39, 0.29) is 11.8 Å². The van der Waals surface area contributed by atoms with Crippen LogP contribution < -0.4 is 5.32 Å². The summed E-state index contributed by atoms with van der Waals surface area (Å²) in [6.07, 6.45) is 1.71. The van der Waals surface area contributed by atoms with E-state index >= 15 is 0 Å². The van der Waals surface area contributed by atoms with E-state index in [0.29, 0.717) is 35.9 Å². The molecule has 1 aromatic heterocycles. The van der Waals surface area contributed by atoms with Gasteiger partial charge in [0, 0.05) is 29.1 Å². The zero-order chi connectivity index (χ0) is 18.2. The minimum atomic E-state index is -0.174. The van der Waals surface area contributed by atoms with Gasteiger partial charge in [0.05, 0.1) is 6.54 Å². The molecule has 0 saturated carbocycles. The summed E-state index contributed by atoms with van der Waals surface area (Å²) in [6.45, 7) is 5.63. The van der Waals surface area contributed by atoms with Gasteiger partial charge in [0.2, 0.25) is 0 Å². The Balaban J connectivity index is 2.10. The fraction of sp³-hybridized carbons (Fsp3) is 0.389. The number of halogens is 1. The van der Waals surface area contributed by atoms with E-state index in [2.05, 4.69) is 10.3 Å². The van der Waals surface area contributed by atoms with Crippen LogP contribution in [0.4, 0.5) is 0 Å². The summed E-state index contributed by atoms with van der Waals surface area (Å²) >= 11 is 7.37. The molecule has 7 heteroatoms. The van der Waals surface area contributed by atoms with Crippen LogP contribution in [-0.4, -0.2) is 34.8 Å². The van der Waals surface area contributed by atoms with Gasteiger partial charge in [0.15, 0.2) is 0 Å². The maximum Gasteiger partial charge on any atom is 0.270 e. The monoisotopic (exact) mass is 379 g/mol. The summed E-state index contributed by atoms with van der Waals surface area (Å²) in [5, 5.41) is 5.81. The van der Waals surface area contributed by atoms with Gasteiger partial charge in [-0.15, -0.1) is 11.3 Å². The zero-order valence-corrected chi connectivity index (χ0v) is 16.0. The number of benzene rings is 1. The minimum Gasteiger partial charge on any atom is -0.351 e. The summed E-state index contributed by atoms with van der Waals surface area (Å²) in [4.78, 5) is 30.8. The first-order chi connectivity index (χ1) is 12.0. The Labute approximate surface area is 157 Å². The second kappa shape index (κ2) is 9.53. The van der Waals surface area contributed by atoms with Crippen molar-refractivity contribution in [1.29, 1.82) is 0 Å². The van der Waals surface area contributed by atoms with Crippen molar-refractivity contribution in [3.63, 3.8) is 0 Å². The molecule has 0 atom stereocenters. The molecule has 134 valence electrons. The van der Waals surface area contributed by atoms with E-state index in [1.807, 2.05) is 13.8 Å². The van der Waals surface area contributed by atoms with Gasteiger partial charge in [-0.25, -0.2) is 4.98 Å². The Morgan fingerprint density at radius 3 is 2.76 bits per heavy atom. The molecule has 1 heterocycles. The molecule has 0 spiro atoms. The molecule has 1 aromatic carbocycles. The lowest BCUT2D eigenvalue weighted by molar-refractivity contribution is 0.0743. The smallest absolute Gasteiger partial charge is 0.270 e. The van der Waals surface area contributed by atoms with E-state index < -0.39 is 0 Å². The van der Waals surface area contributed by atoms with Crippen molar-refractivity contribution in [3.05, 3.63) is 50.9 Å². The van der Waals surface area contributed by atoms with Gasteiger partial charge in [-0.1, -0.05) is 31.5 Å². The molecular weight excluding hydrogens is 358 g/mol. The van der Waals surface area contributed by atoms with Crippen molar-refractivity contribution >= 4 is 34.8 Å². The average Bonchev–Trinajstić information content (AvgIpc) is 3.07. The third-order valence-electron chi connectivity index (χ3n) is 3.50. The molecule has 5 nitrogen and oxygen atoms in total. The maximum atomic E-state index is 12.7. The zero-order valence-electron chi connectivity index (χ0n) is 14.4. The van der Waals surface area contributed by atoms with Crippen molar-refractivity contribution in [3.8, 4) is 0 Å². The number of hydrogen-bond acceptors (Lipinski definition) is 4. The van der Waals surface area contributed by atoms with E-state index in [1.54, 1.807) is 34.5 Å². The number of amides is 2. The van der Waals surface area contributed by atoms with E-state index in [1.165, 1.54) is 11.3 Å². The van der Waals surface area contributed by atoms with Gasteiger partial charge in [0.25, 0.3) is 11.8 Å². The van der Waals surface area contributed by atoms with Crippen LogP contribution in [0.15, 0.2) is 29.6 Å². The molecule has 25 heavy (non-hydrogen) atoms. The highest BCUT2D eigenvalue weighted by molar-refractivity contribution is 7.09. The predicted molar refractivity (Wildman–Crippen MR) is 101 cm³/mol. The molecule has 2 amide bonds. The lowest BCUT2D eigenvalue weighted by Gasteiger charge is -2.21. The Hall–Kier alpha value is -1.92. The topological polar surface area (TPSA) is 62.3 Å². The van der Waals surface area contributed by atoms with Crippen LogP contribution in [0.2, 0.25) is 5.02 Å². The Bertz CT molecular complexity index is 733. The molecule has 1 N–H and O–H groups in total. The van der Waals surface area contributed by atoms with E-state index in [0.717, 1.165) is 17.8 Å². The quantitative estimate of drug-likeness (QED) is 0.754. The lowest BCUT2D eigenvalue weighted by atomic mass is 10.2. The first-order valence-corrected chi connectivity index (χ1v) is 9.58. The SMILES string of the molecule is CCCNC(=O)c1csc(CN(CCC)C(=O)c2cccc(Cl)c2)n1. The first-order valence-electron chi connectivity index (χ1n) is 8.32. The molecular formula is C18H22ClN3O2S. The van der Waals surface area contributed by atoms with E-state index in [4.69, 9.17) is 11.6 Å². The summed E-state index contributed by atoms with van der Waals surface area (Å²) in [7, 11) is 0. The highest BCUT2D eigenvalue weighted by atomic mass is 35.5. The van der Waals surface area contributed by atoms with Gasteiger partial charge >= 0.3 is 0 Å². The van der Waals surface area contributed by atoms with Crippen molar-refractivity contribution < 1.29 is 9.59 Å². The van der Waals surface area contributed by atoms with Crippen LogP contribution in [0, 0.1) is 0 Å². The number of rotatable bonds is 8.